The van der Waals surface area contributed by atoms with Gasteiger partial charge in [-0.2, -0.15) is 5.10 Å². The summed E-state index contributed by atoms with van der Waals surface area (Å²) >= 11 is 6.88. The summed E-state index contributed by atoms with van der Waals surface area (Å²) in [6, 6.07) is 23.8. The van der Waals surface area contributed by atoms with Crippen LogP contribution in [-0.2, 0) is 6.54 Å². The first-order valence-corrected chi connectivity index (χ1v) is 9.61. The lowest BCUT2D eigenvalue weighted by atomic mass is 10.1. The van der Waals surface area contributed by atoms with Crippen molar-refractivity contribution in [3.63, 3.8) is 0 Å². The van der Waals surface area contributed by atoms with Gasteiger partial charge in [-0.1, -0.05) is 78.3 Å². The highest BCUT2D eigenvalue weighted by atomic mass is 35.5. The van der Waals surface area contributed by atoms with Crippen LogP contribution in [0.4, 0.5) is 0 Å². The molecule has 3 heterocycles. The molecule has 0 saturated heterocycles. The molecule has 3 aromatic heterocycles. The average Bonchev–Trinajstić information content (AvgIpc) is 3.15. The van der Waals surface area contributed by atoms with E-state index in [0.29, 0.717) is 22.9 Å². The third kappa shape index (κ3) is 3.26. The van der Waals surface area contributed by atoms with Crippen LogP contribution in [0.5, 0.6) is 0 Å². The molecule has 29 heavy (non-hydrogen) atoms. The van der Waals surface area contributed by atoms with Crippen molar-refractivity contribution >= 4 is 22.6 Å². The minimum atomic E-state index is 0.535. The van der Waals surface area contributed by atoms with Crippen LogP contribution in [0.3, 0.4) is 0 Å². The Kier molecular flexibility index (Phi) is 4.50. The molecule has 0 aliphatic heterocycles. The number of fused-ring (bicyclic) bond motifs is 1. The molecule has 5 rings (SSSR count). The van der Waals surface area contributed by atoms with Gasteiger partial charge in [0, 0.05) is 23.5 Å². The Morgan fingerprint density at radius 2 is 1.45 bits per heavy atom. The van der Waals surface area contributed by atoms with E-state index in [-0.39, 0.29) is 0 Å². The number of halogens is 1. The van der Waals surface area contributed by atoms with E-state index in [1.807, 2.05) is 83.7 Å². The topological polar surface area (TPSA) is 56.5 Å². The maximum absolute atomic E-state index is 6.88. The van der Waals surface area contributed by atoms with Gasteiger partial charge in [0.15, 0.2) is 5.65 Å². The van der Waals surface area contributed by atoms with Crippen molar-refractivity contribution < 1.29 is 0 Å². The highest BCUT2D eigenvalue weighted by Crippen LogP contribution is 2.37. The molecule has 6 heteroatoms. The van der Waals surface area contributed by atoms with E-state index in [2.05, 4.69) is 15.2 Å². The van der Waals surface area contributed by atoms with Gasteiger partial charge in [0.2, 0.25) is 0 Å². The second-order valence-electron chi connectivity index (χ2n) is 6.66. The van der Waals surface area contributed by atoms with Gasteiger partial charge in [-0.05, 0) is 11.6 Å². The van der Waals surface area contributed by atoms with E-state index in [1.54, 1.807) is 6.20 Å². The van der Waals surface area contributed by atoms with Crippen molar-refractivity contribution in [1.82, 2.24) is 25.0 Å². The molecular weight excluding hydrogens is 382 g/mol. The Labute approximate surface area is 172 Å². The number of nitrogens with zero attached hydrogens (tertiary/aromatic N) is 5. The van der Waals surface area contributed by atoms with Crippen LogP contribution in [0.2, 0.25) is 5.02 Å². The number of hydrogen-bond donors (Lipinski definition) is 0. The molecule has 5 nitrogen and oxygen atoms in total. The molecule has 2 aromatic carbocycles. The molecule has 0 aliphatic rings. The zero-order chi connectivity index (χ0) is 19.6. The summed E-state index contributed by atoms with van der Waals surface area (Å²) in [5.41, 5.74) is 5.03. The van der Waals surface area contributed by atoms with Crippen molar-refractivity contribution in [3.8, 4) is 22.5 Å². The molecule has 0 saturated carbocycles. The maximum atomic E-state index is 6.88. The van der Waals surface area contributed by atoms with Crippen molar-refractivity contribution in [2.75, 3.05) is 0 Å². The van der Waals surface area contributed by atoms with E-state index < -0.39 is 0 Å². The largest absolute Gasteiger partial charge is 0.264 e. The Balaban J connectivity index is 1.75. The summed E-state index contributed by atoms with van der Waals surface area (Å²) in [6.45, 7) is 0.535. The third-order valence-corrected chi connectivity index (χ3v) is 5.12. The Bertz CT molecular complexity index is 1270. The van der Waals surface area contributed by atoms with Crippen molar-refractivity contribution in [2.24, 2.45) is 0 Å². The first kappa shape index (κ1) is 17.5. The first-order valence-electron chi connectivity index (χ1n) is 9.23. The lowest BCUT2D eigenvalue weighted by Crippen LogP contribution is -2.04. The van der Waals surface area contributed by atoms with Crippen LogP contribution in [0.1, 0.15) is 5.56 Å². The van der Waals surface area contributed by atoms with Gasteiger partial charge < -0.3 is 0 Å². The molecular formula is C23H16ClN5. The van der Waals surface area contributed by atoms with Gasteiger partial charge in [-0.3, -0.25) is 4.98 Å². The summed E-state index contributed by atoms with van der Waals surface area (Å²) in [4.78, 5) is 4.19. The SMILES string of the molecule is Clc1c(-c2ccccc2)nnc2c1c(-c1ccccc1)nn2Cc1cccnc1. The number of hydrogen-bond acceptors (Lipinski definition) is 4. The van der Waals surface area contributed by atoms with Gasteiger partial charge in [-0.25, -0.2) is 4.68 Å². The number of aromatic nitrogens is 5. The highest BCUT2D eigenvalue weighted by Gasteiger charge is 2.21. The van der Waals surface area contributed by atoms with Crippen molar-refractivity contribution in [3.05, 3.63) is 95.8 Å². The smallest absolute Gasteiger partial charge is 0.182 e. The first-order chi connectivity index (χ1) is 14.3. The lowest BCUT2D eigenvalue weighted by Gasteiger charge is -2.06. The molecule has 0 unspecified atom stereocenters. The predicted octanol–water partition coefficient (Wildman–Crippen LogP) is 5.26. The van der Waals surface area contributed by atoms with Crippen LogP contribution in [-0.4, -0.2) is 25.0 Å². The van der Waals surface area contributed by atoms with E-state index >= 15 is 0 Å². The molecule has 0 atom stereocenters. The van der Waals surface area contributed by atoms with Gasteiger partial charge in [0.1, 0.15) is 11.4 Å². The normalized spacial score (nSPS) is 11.1. The van der Waals surface area contributed by atoms with Crippen molar-refractivity contribution in [1.29, 1.82) is 0 Å². The summed E-state index contributed by atoms with van der Waals surface area (Å²) < 4.78 is 1.84. The van der Waals surface area contributed by atoms with Gasteiger partial charge in [0.25, 0.3) is 0 Å². The summed E-state index contributed by atoms with van der Waals surface area (Å²) in [6.07, 6.45) is 3.58. The molecule has 0 amide bonds. The van der Waals surface area contributed by atoms with Crippen LogP contribution in [0.25, 0.3) is 33.5 Å². The second-order valence-corrected chi connectivity index (χ2v) is 7.04. The molecule has 5 aromatic rings. The summed E-state index contributed by atoms with van der Waals surface area (Å²) in [5.74, 6) is 0. The Hall–Kier alpha value is -3.57. The standard InChI is InChI=1S/C23H16ClN5/c24-20-19-21(17-9-3-1-4-10-17)28-29(15-16-8-7-13-25-14-16)23(19)27-26-22(20)18-11-5-2-6-12-18/h1-14H,15H2. The summed E-state index contributed by atoms with van der Waals surface area (Å²) in [5, 5.41) is 15.1. The van der Waals surface area contributed by atoms with Crippen molar-refractivity contribution in [2.45, 2.75) is 6.54 Å². The fourth-order valence-corrected chi connectivity index (χ4v) is 3.69. The maximum Gasteiger partial charge on any atom is 0.182 e. The molecule has 0 radical (unpaired) electrons. The molecule has 0 bridgehead atoms. The quantitative estimate of drug-likeness (QED) is 0.415. The van der Waals surface area contributed by atoms with Crippen LogP contribution < -0.4 is 0 Å². The van der Waals surface area contributed by atoms with E-state index in [4.69, 9.17) is 16.7 Å². The van der Waals surface area contributed by atoms with E-state index in [9.17, 15) is 0 Å². The third-order valence-electron chi connectivity index (χ3n) is 4.75. The molecule has 0 N–H and O–H groups in total. The van der Waals surface area contributed by atoms with Crippen LogP contribution >= 0.6 is 11.6 Å². The van der Waals surface area contributed by atoms with Crippen LogP contribution in [0, 0.1) is 0 Å². The van der Waals surface area contributed by atoms with Gasteiger partial charge >= 0.3 is 0 Å². The van der Waals surface area contributed by atoms with E-state index in [1.165, 1.54) is 0 Å². The number of benzene rings is 2. The predicted molar refractivity (Wildman–Crippen MR) is 115 cm³/mol. The second kappa shape index (κ2) is 7.45. The van der Waals surface area contributed by atoms with Gasteiger partial charge in [0.05, 0.1) is 17.0 Å². The molecule has 0 spiro atoms. The van der Waals surface area contributed by atoms with E-state index in [0.717, 1.165) is 27.8 Å². The molecule has 0 fully saturated rings. The lowest BCUT2D eigenvalue weighted by molar-refractivity contribution is 0.700. The molecule has 0 aliphatic carbocycles. The minimum absolute atomic E-state index is 0.535. The fraction of sp³-hybridized carbons (Fsp3) is 0.0435. The monoisotopic (exact) mass is 397 g/mol. The average molecular weight is 398 g/mol. The Morgan fingerprint density at radius 3 is 2.10 bits per heavy atom. The zero-order valence-electron chi connectivity index (χ0n) is 15.4. The molecule has 140 valence electrons. The van der Waals surface area contributed by atoms with Gasteiger partial charge in [-0.15, -0.1) is 10.2 Å². The number of pyridine rings is 1. The summed E-state index contributed by atoms with van der Waals surface area (Å²) in [7, 11) is 0. The van der Waals surface area contributed by atoms with Crippen LogP contribution in [0.15, 0.2) is 85.2 Å². The number of rotatable bonds is 4. The zero-order valence-corrected chi connectivity index (χ0v) is 16.2. The Morgan fingerprint density at radius 1 is 0.759 bits per heavy atom. The minimum Gasteiger partial charge on any atom is -0.264 e. The fourth-order valence-electron chi connectivity index (χ4n) is 3.37. The highest BCUT2D eigenvalue weighted by molar-refractivity contribution is 6.38.